The van der Waals surface area contributed by atoms with Crippen molar-refractivity contribution < 1.29 is 0 Å². The highest BCUT2D eigenvalue weighted by molar-refractivity contribution is 5.80. The maximum atomic E-state index is 5.57. The standard InChI is InChI=1S/C7H13N3/c1-5-4-10(3)7(8)9-6(5)2/h4H2,1-3H3,(H2,8,9). The zero-order valence-electron chi connectivity index (χ0n) is 6.68. The number of guanidine groups is 1. The van der Waals surface area contributed by atoms with E-state index >= 15 is 0 Å². The highest BCUT2D eigenvalue weighted by Gasteiger charge is 2.09. The first-order valence-corrected chi connectivity index (χ1v) is 3.33. The quantitative estimate of drug-likeness (QED) is 0.532. The average Bonchev–Trinajstić information content (AvgIpc) is 1.84. The lowest BCUT2D eigenvalue weighted by Gasteiger charge is -2.23. The van der Waals surface area contributed by atoms with Crippen LogP contribution < -0.4 is 5.73 Å². The molecule has 3 heteroatoms. The van der Waals surface area contributed by atoms with Gasteiger partial charge in [-0.2, -0.15) is 0 Å². The van der Waals surface area contributed by atoms with E-state index < -0.39 is 0 Å². The largest absolute Gasteiger partial charge is 0.369 e. The van der Waals surface area contributed by atoms with Crippen molar-refractivity contribution in [3.8, 4) is 0 Å². The number of hydrogen-bond acceptors (Lipinski definition) is 3. The fraction of sp³-hybridized carbons (Fsp3) is 0.571. The van der Waals surface area contributed by atoms with Gasteiger partial charge in [0.25, 0.3) is 0 Å². The van der Waals surface area contributed by atoms with Crippen LogP contribution in [0.5, 0.6) is 0 Å². The van der Waals surface area contributed by atoms with Gasteiger partial charge in [0.05, 0.1) is 0 Å². The van der Waals surface area contributed by atoms with Gasteiger partial charge in [0.1, 0.15) is 0 Å². The van der Waals surface area contributed by atoms with Gasteiger partial charge in [-0.25, -0.2) is 4.99 Å². The maximum Gasteiger partial charge on any atom is 0.196 e. The molecule has 1 aliphatic heterocycles. The van der Waals surface area contributed by atoms with Crippen LogP contribution in [0.3, 0.4) is 0 Å². The summed E-state index contributed by atoms with van der Waals surface area (Å²) in [4.78, 5) is 6.08. The van der Waals surface area contributed by atoms with Crippen molar-refractivity contribution in [1.82, 2.24) is 4.90 Å². The van der Waals surface area contributed by atoms with Crippen LogP contribution in [0.15, 0.2) is 16.3 Å². The predicted molar refractivity (Wildman–Crippen MR) is 42.6 cm³/mol. The Morgan fingerprint density at radius 3 is 2.60 bits per heavy atom. The van der Waals surface area contributed by atoms with Crippen molar-refractivity contribution in [2.75, 3.05) is 13.6 Å². The van der Waals surface area contributed by atoms with Gasteiger partial charge in [0.15, 0.2) is 5.96 Å². The Labute approximate surface area is 61.2 Å². The molecule has 0 aromatic heterocycles. The molecule has 0 bridgehead atoms. The Kier molecular flexibility index (Phi) is 1.66. The fourth-order valence-electron chi connectivity index (χ4n) is 0.904. The Morgan fingerprint density at radius 1 is 1.50 bits per heavy atom. The molecular weight excluding hydrogens is 126 g/mol. The summed E-state index contributed by atoms with van der Waals surface area (Å²) in [5, 5.41) is 0. The number of nitrogens with zero attached hydrogens (tertiary/aromatic N) is 2. The van der Waals surface area contributed by atoms with Crippen molar-refractivity contribution in [1.29, 1.82) is 0 Å². The van der Waals surface area contributed by atoms with E-state index in [1.54, 1.807) is 0 Å². The molecule has 0 aliphatic carbocycles. The first-order valence-electron chi connectivity index (χ1n) is 3.33. The number of rotatable bonds is 0. The molecule has 0 saturated carbocycles. The summed E-state index contributed by atoms with van der Waals surface area (Å²) in [6, 6.07) is 0. The summed E-state index contributed by atoms with van der Waals surface area (Å²) >= 11 is 0. The normalized spacial score (nSPS) is 19.5. The SMILES string of the molecule is CC1=C(C)N=C(N)N(C)C1. The van der Waals surface area contributed by atoms with Crippen molar-refractivity contribution >= 4 is 5.96 Å². The molecule has 0 spiro atoms. The number of nitrogens with two attached hydrogens (primary N) is 1. The maximum absolute atomic E-state index is 5.57. The third kappa shape index (κ3) is 1.12. The topological polar surface area (TPSA) is 41.6 Å². The molecule has 0 amide bonds. The molecule has 0 atom stereocenters. The van der Waals surface area contributed by atoms with Crippen molar-refractivity contribution in [3.63, 3.8) is 0 Å². The summed E-state index contributed by atoms with van der Waals surface area (Å²) < 4.78 is 0. The summed E-state index contributed by atoms with van der Waals surface area (Å²) in [5.41, 5.74) is 7.91. The lowest BCUT2D eigenvalue weighted by molar-refractivity contribution is 0.528. The average molecular weight is 139 g/mol. The van der Waals surface area contributed by atoms with Crippen LogP contribution in [0.1, 0.15) is 13.8 Å². The summed E-state index contributed by atoms with van der Waals surface area (Å²) in [6.07, 6.45) is 0. The summed E-state index contributed by atoms with van der Waals surface area (Å²) in [5.74, 6) is 0.614. The predicted octanol–water partition coefficient (Wildman–Crippen LogP) is 0.540. The molecule has 0 aromatic rings. The van der Waals surface area contributed by atoms with Gasteiger partial charge in [0.2, 0.25) is 0 Å². The van der Waals surface area contributed by atoms with E-state index in [1.165, 1.54) is 5.57 Å². The molecule has 3 nitrogen and oxygen atoms in total. The van der Waals surface area contributed by atoms with E-state index in [9.17, 15) is 0 Å². The Morgan fingerprint density at radius 2 is 2.10 bits per heavy atom. The third-order valence-electron chi connectivity index (χ3n) is 1.77. The van der Waals surface area contributed by atoms with E-state index in [4.69, 9.17) is 5.73 Å². The Balaban J connectivity index is 2.88. The van der Waals surface area contributed by atoms with Crippen LogP contribution in [-0.4, -0.2) is 24.5 Å². The van der Waals surface area contributed by atoms with Crippen molar-refractivity contribution in [2.45, 2.75) is 13.8 Å². The zero-order valence-corrected chi connectivity index (χ0v) is 6.68. The third-order valence-corrected chi connectivity index (χ3v) is 1.77. The van der Waals surface area contributed by atoms with Crippen molar-refractivity contribution in [3.05, 3.63) is 11.3 Å². The number of likely N-dealkylation sites (N-methyl/N-ethyl adjacent to an activating group) is 1. The Hall–Kier alpha value is -0.990. The summed E-state index contributed by atoms with van der Waals surface area (Å²) in [7, 11) is 1.94. The van der Waals surface area contributed by atoms with Gasteiger partial charge in [-0.1, -0.05) is 0 Å². The van der Waals surface area contributed by atoms with Gasteiger partial charge in [-0.15, -0.1) is 0 Å². The van der Waals surface area contributed by atoms with E-state index in [2.05, 4.69) is 11.9 Å². The van der Waals surface area contributed by atoms with Crippen LogP contribution >= 0.6 is 0 Å². The minimum absolute atomic E-state index is 0.614. The number of allylic oxidation sites excluding steroid dienone is 1. The first kappa shape index (κ1) is 7.12. The van der Waals surface area contributed by atoms with Crippen molar-refractivity contribution in [2.24, 2.45) is 10.7 Å². The van der Waals surface area contributed by atoms with Crippen LogP contribution in [0.4, 0.5) is 0 Å². The summed E-state index contributed by atoms with van der Waals surface area (Å²) in [6.45, 7) is 4.96. The fourth-order valence-corrected chi connectivity index (χ4v) is 0.904. The van der Waals surface area contributed by atoms with Gasteiger partial charge in [0, 0.05) is 19.3 Å². The number of hydrogen-bond donors (Lipinski definition) is 1. The van der Waals surface area contributed by atoms with Gasteiger partial charge < -0.3 is 10.6 Å². The molecule has 1 aliphatic rings. The smallest absolute Gasteiger partial charge is 0.196 e. The van der Waals surface area contributed by atoms with E-state index in [0.717, 1.165) is 12.2 Å². The van der Waals surface area contributed by atoms with Gasteiger partial charge >= 0.3 is 0 Å². The molecule has 2 N–H and O–H groups in total. The molecule has 56 valence electrons. The molecule has 0 saturated heterocycles. The molecule has 0 radical (unpaired) electrons. The van der Waals surface area contributed by atoms with E-state index in [1.807, 2.05) is 18.9 Å². The second kappa shape index (κ2) is 2.33. The highest BCUT2D eigenvalue weighted by Crippen LogP contribution is 2.10. The second-order valence-electron chi connectivity index (χ2n) is 2.69. The van der Waals surface area contributed by atoms with E-state index in [0.29, 0.717) is 5.96 Å². The first-order chi connectivity index (χ1) is 4.61. The zero-order chi connectivity index (χ0) is 7.72. The highest BCUT2D eigenvalue weighted by atomic mass is 15.2. The van der Waals surface area contributed by atoms with Gasteiger partial charge in [-0.3, -0.25) is 0 Å². The second-order valence-corrected chi connectivity index (χ2v) is 2.69. The lowest BCUT2D eigenvalue weighted by atomic mass is 10.2. The van der Waals surface area contributed by atoms with E-state index in [-0.39, 0.29) is 0 Å². The lowest BCUT2D eigenvalue weighted by Crippen LogP contribution is -2.37. The molecule has 10 heavy (non-hydrogen) atoms. The minimum atomic E-state index is 0.614. The molecule has 0 aromatic carbocycles. The monoisotopic (exact) mass is 139 g/mol. The molecule has 0 unspecified atom stereocenters. The Bertz CT molecular complexity index is 203. The molecule has 0 fully saturated rings. The van der Waals surface area contributed by atoms with Crippen LogP contribution in [0.2, 0.25) is 0 Å². The van der Waals surface area contributed by atoms with Crippen LogP contribution in [0.25, 0.3) is 0 Å². The van der Waals surface area contributed by atoms with Crippen LogP contribution in [-0.2, 0) is 0 Å². The number of aliphatic imine (C=N–C) groups is 1. The van der Waals surface area contributed by atoms with Gasteiger partial charge in [-0.05, 0) is 19.4 Å². The molecular formula is C7H13N3. The van der Waals surface area contributed by atoms with Crippen LogP contribution in [0, 0.1) is 0 Å². The minimum Gasteiger partial charge on any atom is -0.369 e. The molecule has 1 rings (SSSR count). The molecule has 1 heterocycles.